The van der Waals surface area contributed by atoms with Gasteiger partial charge < -0.3 is 29.2 Å². The normalized spacial score (nSPS) is 50.3. The predicted molar refractivity (Wildman–Crippen MR) is 178 cm³/mol. The van der Waals surface area contributed by atoms with E-state index in [2.05, 4.69) is 48.1 Å². The van der Waals surface area contributed by atoms with Gasteiger partial charge in [0.1, 0.15) is 18.3 Å². The van der Waals surface area contributed by atoms with Crippen LogP contribution in [-0.2, 0) is 28.5 Å². The molecule has 8 heteroatoms. The maximum absolute atomic E-state index is 12.0. The summed E-state index contributed by atoms with van der Waals surface area (Å²) in [5.74, 6) is 1.84. The van der Waals surface area contributed by atoms with Crippen molar-refractivity contribution in [2.75, 3.05) is 13.2 Å². The lowest BCUT2D eigenvalue weighted by Crippen LogP contribution is -2.67. The molecule has 14 atom stereocenters. The molecule has 0 unspecified atom stereocenters. The first kappa shape index (κ1) is 35.3. The highest BCUT2D eigenvalue weighted by Crippen LogP contribution is 2.77. The molecule has 0 radical (unpaired) electrons. The Bertz CT molecular complexity index is 1250. The quantitative estimate of drug-likeness (QED) is 0.243. The van der Waals surface area contributed by atoms with Gasteiger partial charge in [-0.1, -0.05) is 46.8 Å². The third kappa shape index (κ3) is 5.36. The molecule has 0 amide bonds. The molecule has 5 aliphatic carbocycles. The third-order valence-corrected chi connectivity index (χ3v) is 15.8. The Balaban J connectivity index is 1.28. The molecule has 0 bridgehead atoms. The summed E-state index contributed by atoms with van der Waals surface area (Å²) in [7, 11) is 0. The Morgan fingerprint density at radius 2 is 1.51 bits per heavy atom. The average Bonchev–Trinajstić information content (AvgIpc) is 3.37. The molecule has 8 nitrogen and oxygen atoms in total. The van der Waals surface area contributed by atoms with Crippen LogP contribution in [0.3, 0.4) is 0 Å². The summed E-state index contributed by atoms with van der Waals surface area (Å²) < 4.78 is 23.8. The van der Waals surface area contributed by atoms with Crippen LogP contribution in [0.25, 0.3) is 0 Å². The lowest BCUT2D eigenvalue weighted by atomic mass is 9.32. The van der Waals surface area contributed by atoms with Gasteiger partial charge in [0, 0.05) is 19.3 Å². The summed E-state index contributed by atoms with van der Waals surface area (Å²) in [5, 5.41) is 20.9. The second-order valence-corrected chi connectivity index (χ2v) is 18.2. The standard InChI is InChI=1S/C39H62O8/c1-22(2)25-12-17-39(21-45-34-33(47-24(4)41)32(43)27(42)20-44-34)19-18-37(8)26(31(25)39)10-11-29-36(7)15-14-30(46-23(3)40)35(5,6)28(36)13-16-38(29,37)9/h25-34,42-43H,1,10-21H2,2-9H3/t25-,26+,27-,28-,29+,30-,31+,32-,33+,34-,36-,37+,38+,39+/m0/s1. The number of rotatable bonds is 6. The predicted octanol–water partition coefficient (Wildman–Crippen LogP) is 6.60. The first-order chi connectivity index (χ1) is 21.9. The van der Waals surface area contributed by atoms with Gasteiger partial charge in [0.05, 0.1) is 13.2 Å². The zero-order valence-electron chi connectivity index (χ0n) is 30.3. The molecule has 266 valence electrons. The van der Waals surface area contributed by atoms with E-state index in [1.54, 1.807) is 6.92 Å². The van der Waals surface area contributed by atoms with Crippen molar-refractivity contribution < 1.29 is 38.7 Å². The molecule has 6 fully saturated rings. The summed E-state index contributed by atoms with van der Waals surface area (Å²) >= 11 is 0. The smallest absolute Gasteiger partial charge is 0.303 e. The maximum Gasteiger partial charge on any atom is 0.303 e. The van der Waals surface area contributed by atoms with Crippen LogP contribution in [-0.4, -0.2) is 66.1 Å². The van der Waals surface area contributed by atoms with Gasteiger partial charge in [0.2, 0.25) is 0 Å². The maximum atomic E-state index is 12.0. The average molecular weight is 659 g/mol. The lowest BCUT2D eigenvalue weighted by molar-refractivity contribution is -0.290. The van der Waals surface area contributed by atoms with Gasteiger partial charge in [-0.25, -0.2) is 0 Å². The highest BCUT2D eigenvalue weighted by molar-refractivity contribution is 5.66. The number of fused-ring (bicyclic) bond motifs is 7. The number of aliphatic hydroxyl groups excluding tert-OH is 2. The van der Waals surface area contributed by atoms with E-state index in [1.165, 1.54) is 38.2 Å². The van der Waals surface area contributed by atoms with E-state index < -0.39 is 30.6 Å². The molecular weight excluding hydrogens is 596 g/mol. The van der Waals surface area contributed by atoms with E-state index >= 15 is 0 Å². The number of hydrogen-bond donors (Lipinski definition) is 2. The van der Waals surface area contributed by atoms with Gasteiger partial charge >= 0.3 is 11.9 Å². The van der Waals surface area contributed by atoms with Crippen molar-refractivity contribution in [1.29, 1.82) is 0 Å². The van der Waals surface area contributed by atoms with Crippen LogP contribution in [0.5, 0.6) is 0 Å². The summed E-state index contributed by atoms with van der Waals surface area (Å²) in [6.45, 7) is 22.5. The largest absolute Gasteiger partial charge is 0.462 e. The van der Waals surface area contributed by atoms with E-state index in [0.29, 0.717) is 36.2 Å². The fraction of sp³-hybridized carbons (Fsp3) is 0.897. The van der Waals surface area contributed by atoms with Crippen LogP contribution in [0, 0.1) is 56.7 Å². The lowest BCUT2D eigenvalue weighted by Gasteiger charge is -2.73. The highest BCUT2D eigenvalue weighted by Gasteiger charge is 2.71. The minimum Gasteiger partial charge on any atom is -0.462 e. The van der Waals surface area contributed by atoms with Crippen molar-refractivity contribution in [2.45, 2.75) is 150 Å². The summed E-state index contributed by atoms with van der Waals surface area (Å²) in [6, 6.07) is 0. The number of allylic oxidation sites excluding steroid dienone is 1. The minimum absolute atomic E-state index is 0.0163. The van der Waals surface area contributed by atoms with E-state index in [-0.39, 0.29) is 45.8 Å². The van der Waals surface area contributed by atoms with E-state index in [1.807, 2.05) is 0 Å². The summed E-state index contributed by atoms with van der Waals surface area (Å²) in [5.41, 5.74) is 1.75. The van der Waals surface area contributed by atoms with Crippen molar-refractivity contribution in [1.82, 2.24) is 0 Å². The Morgan fingerprint density at radius 1 is 0.809 bits per heavy atom. The summed E-state index contributed by atoms with van der Waals surface area (Å²) in [6.07, 6.45) is 6.83. The second kappa shape index (κ2) is 12.1. The molecule has 1 saturated heterocycles. The van der Waals surface area contributed by atoms with Crippen molar-refractivity contribution in [2.24, 2.45) is 56.7 Å². The van der Waals surface area contributed by atoms with E-state index in [9.17, 15) is 19.8 Å². The molecule has 6 aliphatic rings. The Labute approximate surface area is 282 Å². The fourth-order valence-electron chi connectivity index (χ4n) is 13.4. The molecule has 0 aromatic rings. The van der Waals surface area contributed by atoms with Gasteiger partial charge in [0.15, 0.2) is 12.4 Å². The van der Waals surface area contributed by atoms with Crippen LogP contribution in [0.15, 0.2) is 12.2 Å². The van der Waals surface area contributed by atoms with Crippen LogP contribution in [0.1, 0.15) is 120 Å². The monoisotopic (exact) mass is 658 g/mol. The highest BCUT2D eigenvalue weighted by atomic mass is 16.7. The van der Waals surface area contributed by atoms with E-state index in [0.717, 1.165) is 38.5 Å². The molecule has 1 heterocycles. The van der Waals surface area contributed by atoms with Crippen molar-refractivity contribution in [3.05, 3.63) is 12.2 Å². The molecule has 0 aromatic heterocycles. The van der Waals surface area contributed by atoms with Gasteiger partial charge in [0.25, 0.3) is 0 Å². The van der Waals surface area contributed by atoms with Crippen LogP contribution < -0.4 is 0 Å². The zero-order valence-corrected chi connectivity index (χ0v) is 30.3. The number of ether oxygens (including phenoxy) is 4. The Kier molecular flexibility index (Phi) is 9.09. The molecule has 5 saturated carbocycles. The van der Waals surface area contributed by atoms with E-state index in [4.69, 9.17) is 18.9 Å². The van der Waals surface area contributed by atoms with Gasteiger partial charge in [-0.15, -0.1) is 0 Å². The minimum atomic E-state index is -1.26. The molecule has 0 aromatic carbocycles. The van der Waals surface area contributed by atoms with Crippen molar-refractivity contribution >= 4 is 11.9 Å². The molecule has 0 spiro atoms. The second-order valence-electron chi connectivity index (χ2n) is 18.2. The van der Waals surface area contributed by atoms with Crippen LogP contribution in [0.2, 0.25) is 0 Å². The first-order valence-corrected chi connectivity index (χ1v) is 18.5. The number of esters is 2. The van der Waals surface area contributed by atoms with Crippen LogP contribution in [0.4, 0.5) is 0 Å². The topological polar surface area (TPSA) is 112 Å². The number of carbonyl (C=O) groups is 2. The molecule has 1 aliphatic heterocycles. The SMILES string of the molecule is C=C(C)[C@@H]1CC[C@]2(CO[C@@H]3OC[C@H](O)[C@H](O)[C@H]3OC(C)=O)CC[C@]3(C)[C@H](CC[C@@H]4[C@@]5(C)CC[C@H](OC(C)=O)C(C)(C)[C@@H]5CC[C@]43C)[C@@H]12. The number of aliphatic hydroxyl groups is 2. The van der Waals surface area contributed by atoms with Gasteiger partial charge in [-0.05, 0) is 122 Å². The molecular formula is C39H62O8. The number of hydrogen-bond acceptors (Lipinski definition) is 8. The Hall–Kier alpha value is -1.48. The van der Waals surface area contributed by atoms with Crippen molar-refractivity contribution in [3.63, 3.8) is 0 Å². The number of carbonyl (C=O) groups excluding carboxylic acids is 2. The van der Waals surface area contributed by atoms with Gasteiger partial charge in [-0.2, -0.15) is 0 Å². The molecule has 47 heavy (non-hydrogen) atoms. The zero-order chi connectivity index (χ0) is 34.3. The van der Waals surface area contributed by atoms with Crippen molar-refractivity contribution in [3.8, 4) is 0 Å². The fourth-order valence-corrected chi connectivity index (χ4v) is 13.4. The third-order valence-electron chi connectivity index (χ3n) is 15.8. The Morgan fingerprint density at radius 3 is 2.17 bits per heavy atom. The molecule has 2 N–H and O–H groups in total. The first-order valence-electron chi connectivity index (χ1n) is 18.5. The molecule has 6 rings (SSSR count). The van der Waals surface area contributed by atoms with Gasteiger partial charge in [-0.3, -0.25) is 9.59 Å². The van der Waals surface area contributed by atoms with Crippen LogP contribution >= 0.6 is 0 Å². The summed E-state index contributed by atoms with van der Waals surface area (Å²) in [4.78, 5) is 23.9.